The Hall–Kier alpha value is -2.66. The molecule has 5 heteroatoms. The first-order valence-electron chi connectivity index (χ1n) is 11.7. The first kappa shape index (κ1) is 20.3. The first-order chi connectivity index (χ1) is 15.2. The van der Waals surface area contributed by atoms with E-state index in [0.29, 0.717) is 18.5 Å². The maximum atomic E-state index is 13.1. The minimum atomic E-state index is 0.0451. The van der Waals surface area contributed by atoms with Crippen molar-refractivity contribution in [1.29, 1.82) is 0 Å². The number of hydrogen-bond acceptors (Lipinski definition) is 3. The number of piperidine rings is 1. The summed E-state index contributed by atoms with van der Waals surface area (Å²) >= 11 is 0. The van der Waals surface area contributed by atoms with Crippen LogP contribution in [0.2, 0.25) is 0 Å². The van der Waals surface area contributed by atoms with Crippen LogP contribution in [0.4, 0.5) is 0 Å². The van der Waals surface area contributed by atoms with Crippen LogP contribution >= 0.6 is 0 Å². The summed E-state index contributed by atoms with van der Waals surface area (Å²) in [5, 5.41) is 4.65. The molecule has 31 heavy (non-hydrogen) atoms. The van der Waals surface area contributed by atoms with E-state index >= 15 is 0 Å². The first-order valence-corrected chi connectivity index (χ1v) is 11.7. The van der Waals surface area contributed by atoms with Gasteiger partial charge in [0, 0.05) is 61.1 Å². The lowest BCUT2D eigenvalue weighted by molar-refractivity contribution is -0.127. The molecule has 162 valence electrons. The minimum absolute atomic E-state index is 0.0451. The van der Waals surface area contributed by atoms with Gasteiger partial charge >= 0.3 is 0 Å². The second-order valence-corrected chi connectivity index (χ2v) is 8.98. The maximum Gasteiger partial charge on any atom is 0.224 e. The Labute approximate surface area is 184 Å². The van der Waals surface area contributed by atoms with E-state index < -0.39 is 0 Å². The third kappa shape index (κ3) is 3.65. The lowest BCUT2D eigenvalue weighted by Crippen LogP contribution is -2.53. The zero-order chi connectivity index (χ0) is 21.4. The number of fused-ring (bicyclic) bond motifs is 2. The molecule has 0 spiro atoms. The van der Waals surface area contributed by atoms with Gasteiger partial charge in [-0.15, -0.1) is 0 Å². The van der Waals surface area contributed by atoms with Crippen LogP contribution in [0.3, 0.4) is 0 Å². The van der Waals surface area contributed by atoms with E-state index in [4.69, 9.17) is 0 Å². The molecule has 2 aromatic heterocycles. The highest BCUT2D eigenvalue weighted by molar-refractivity contribution is 5.89. The highest BCUT2D eigenvalue weighted by atomic mass is 16.1. The van der Waals surface area contributed by atoms with Gasteiger partial charge in [-0.05, 0) is 67.6 Å². The number of amides is 1. The average molecular weight is 417 g/mol. The van der Waals surface area contributed by atoms with Crippen LogP contribution in [0.15, 0.2) is 48.9 Å². The third-order valence-corrected chi connectivity index (χ3v) is 7.35. The minimum Gasteiger partial charge on any atom is -0.355 e. The summed E-state index contributed by atoms with van der Waals surface area (Å²) in [6.07, 6.45) is 8.85. The fraction of sp³-hybridized carbons (Fsp3) is 0.462. The van der Waals surface area contributed by atoms with Crippen LogP contribution < -0.4 is 5.32 Å². The van der Waals surface area contributed by atoms with Crippen LogP contribution in [0.5, 0.6) is 0 Å². The molecule has 3 atom stereocenters. The van der Waals surface area contributed by atoms with Crippen LogP contribution in [-0.2, 0) is 24.2 Å². The second-order valence-electron chi connectivity index (χ2n) is 8.98. The number of nitrogens with one attached hydrogen (secondary N) is 1. The topological polar surface area (TPSA) is 50.2 Å². The Balaban J connectivity index is 1.36. The Bertz CT molecular complexity index is 1070. The van der Waals surface area contributed by atoms with Crippen LogP contribution in [0.1, 0.15) is 42.9 Å². The number of aryl methyl sites for hydroxylation is 1. The van der Waals surface area contributed by atoms with E-state index in [2.05, 4.69) is 58.0 Å². The van der Waals surface area contributed by atoms with Crippen molar-refractivity contribution >= 4 is 16.8 Å². The van der Waals surface area contributed by atoms with Gasteiger partial charge in [-0.1, -0.05) is 19.1 Å². The van der Waals surface area contributed by atoms with E-state index in [1.165, 1.54) is 27.6 Å². The van der Waals surface area contributed by atoms with Gasteiger partial charge in [-0.3, -0.25) is 14.7 Å². The lowest BCUT2D eigenvalue weighted by Gasteiger charge is -2.46. The summed E-state index contributed by atoms with van der Waals surface area (Å²) < 4.78 is 2.38. The van der Waals surface area contributed by atoms with Crippen LogP contribution in [0.25, 0.3) is 10.9 Å². The number of aromatic nitrogens is 2. The number of carbonyl (C=O) groups is 1. The largest absolute Gasteiger partial charge is 0.355 e. The molecule has 1 amide bonds. The van der Waals surface area contributed by atoms with Gasteiger partial charge < -0.3 is 9.88 Å². The second kappa shape index (κ2) is 8.46. The fourth-order valence-corrected chi connectivity index (χ4v) is 5.81. The van der Waals surface area contributed by atoms with Gasteiger partial charge in [0.1, 0.15) is 0 Å². The molecule has 1 fully saturated rings. The molecule has 3 heterocycles. The molecular formula is C26H32N4O. The summed E-state index contributed by atoms with van der Waals surface area (Å²) in [6, 6.07) is 11.3. The molecule has 2 aliphatic rings. The normalized spacial score (nSPS) is 23.0. The third-order valence-electron chi connectivity index (χ3n) is 7.35. The SMILES string of the molecule is CCN1C[C@H](C(=O)NCCc2ccncc2)CC2c3cccc4c3c(cn4CC)C[C@H]21. The van der Waals surface area contributed by atoms with Crippen molar-refractivity contribution in [3.63, 3.8) is 0 Å². The van der Waals surface area contributed by atoms with Crippen LogP contribution in [0, 0.1) is 5.92 Å². The van der Waals surface area contributed by atoms with Crippen molar-refractivity contribution in [1.82, 2.24) is 19.8 Å². The Morgan fingerprint density at radius 3 is 2.77 bits per heavy atom. The summed E-state index contributed by atoms with van der Waals surface area (Å²) in [6.45, 7) is 7.97. The number of benzene rings is 1. The standard InChI is InChI=1S/C26H32N4O/c1-3-29-16-19-15-24-22(21-6-5-7-23(29)25(19)21)14-20(17-30(24)4-2)26(31)28-13-10-18-8-11-27-12-9-18/h5-9,11-12,16,20,22,24H,3-4,10,13-15,17H2,1-2H3,(H,28,31)/t20-,22?,24-/m1/s1. The van der Waals surface area contributed by atoms with Gasteiger partial charge in [0.2, 0.25) is 5.91 Å². The predicted molar refractivity (Wildman–Crippen MR) is 124 cm³/mol. The van der Waals surface area contributed by atoms with E-state index in [1.54, 1.807) is 12.4 Å². The molecule has 1 N–H and O–H groups in total. The Morgan fingerprint density at radius 2 is 2.00 bits per heavy atom. The number of pyridine rings is 1. The van der Waals surface area contributed by atoms with Crippen LogP contribution in [-0.4, -0.2) is 46.0 Å². The molecular weight excluding hydrogens is 384 g/mol. The number of rotatable bonds is 6. The van der Waals surface area contributed by atoms with Crippen molar-refractivity contribution in [2.24, 2.45) is 5.92 Å². The predicted octanol–water partition coefficient (Wildman–Crippen LogP) is 3.77. The summed E-state index contributed by atoms with van der Waals surface area (Å²) in [7, 11) is 0. The van der Waals surface area contributed by atoms with Gasteiger partial charge in [0.05, 0.1) is 5.92 Å². The molecule has 0 saturated carbocycles. The summed E-state index contributed by atoms with van der Waals surface area (Å²) in [4.78, 5) is 19.7. The molecule has 3 aromatic rings. The van der Waals surface area contributed by atoms with Crippen molar-refractivity contribution in [2.75, 3.05) is 19.6 Å². The van der Waals surface area contributed by atoms with Crippen molar-refractivity contribution in [2.45, 2.75) is 51.6 Å². The molecule has 1 unspecified atom stereocenters. The Kier molecular flexibility index (Phi) is 5.53. The number of likely N-dealkylation sites (N-methyl/N-ethyl adjacent to an activating group) is 1. The molecule has 5 rings (SSSR count). The lowest BCUT2D eigenvalue weighted by atomic mass is 9.72. The zero-order valence-corrected chi connectivity index (χ0v) is 18.6. The summed E-state index contributed by atoms with van der Waals surface area (Å²) in [5.41, 5.74) is 5.48. The molecule has 1 aromatic carbocycles. The van der Waals surface area contributed by atoms with E-state index in [1.807, 2.05) is 12.1 Å². The van der Waals surface area contributed by atoms with Gasteiger partial charge in [0.25, 0.3) is 0 Å². The number of nitrogens with zero attached hydrogens (tertiary/aromatic N) is 3. The van der Waals surface area contributed by atoms with Crippen molar-refractivity contribution in [3.8, 4) is 0 Å². The smallest absolute Gasteiger partial charge is 0.224 e. The average Bonchev–Trinajstić information content (AvgIpc) is 3.18. The highest BCUT2D eigenvalue weighted by Gasteiger charge is 2.42. The molecule has 1 aliphatic heterocycles. The molecule has 0 radical (unpaired) electrons. The number of carbonyl (C=O) groups excluding carboxylic acids is 1. The van der Waals surface area contributed by atoms with E-state index in [0.717, 1.165) is 38.9 Å². The van der Waals surface area contributed by atoms with Gasteiger partial charge in [0.15, 0.2) is 0 Å². The van der Waals surface area contributed by atoms with Gasteiger partial charge in [-0.2, -0.15) is 0 Å². The quantitative estimate of drug-likeness (QED) is 0.666. The van der Waals surface area contributed by atoms with Crippen molar-refractivity contribution < 1.29 is 4.79 Å². The molecule has 0 bridgehead atoms. The van der Waals surface area contributed by atoms with E-state index in [9.17, 15) is 4.79 Å². The zero-order valence-electron chi connectivity index (χ0n) is 18.6. The Morgan fingerprint density at radius 1 is 1.16 bits per heavy atom. The van der Waals surface area contributed by atoms with E-state index in [-0.39, 0.29) is 11.8 Å². The van der Waals surface area contributed by atoms with Gasteiger partial charge in [-0.25, -0.2) is 0 Å². The summed E-state index contributed by atoms with van der Waals surface area (Å²) in [5.74, 6) is 0.673. The monoisotopic (exact) mass is 416 g/mol. The molecule has 1 saturated heterocycles. The molecule has 5 nitrogen and oxygen atoms in total. The highest BCUT2D eigenvalue weighted by Crippen LogP contribution is 2.45. The molecule has 1 aliphatic carbocycles. The number of hydrogen-bond donors (Lipinski definition) is 1. The van der Waals surface area contributed by atoms with Crippen molar-refractivity contribution in [3.05, 3.63) is 65.6 Å². The fourth-order valence-electron chi connectivity index (χ4n) is 5.81. The number of likely N-dealkylation sites (tertiary alicyclic amines) is 1. The maximum absolute atomic E-state index is 13.1.